The van der Waals surface area contributed by atoms with E-state index in [1.54, 1.807) is 18.3 Å². The predicted molar refractivity (Wildman–Crippen MR) is 132 cm³/mol. The second-order valence-corrected chi connectivity index (χ2v) is 15.9. The van der Waals surface area contributed by atoms with Crippen LogP contribution in [0.25, 0.3) is 10.2 Å². The Bertz CT molecular complexity index is 1120. The van der Waals surface area contributed by atoms with Crippen molar-refractivity contribution in [2.45, 2.75) is 45.3 Å². The third-order valence-electron chi connectivity index (χ3n) is 5.05. The largest absolute Gasteiger partial charge is 0.377 e. The van der Waals surface area contributed by atoms with Crippen LogP contribution in [0.4, 0.5) is 0 Å². The number of fused-ring (bicyclic) bond motifs is 1. The number of amides is 1. The molecule has 0 aliphatic carbocycles. The van der Waals surface area contributed by atoms with Crippen molar-refractivity contribution in [1.82, 2.24) is 9.88 Å². The van der Waals surface area contributed by atoms with Crippen LogP contribution in [0.15, 0.2) is 40.6 Å². The first-order valence-electron chi connectivity index (χ1n) is 10.3. The first-order chi connectivity index (χ1) is 14.6. The molecular formula is C23H29ClN2O3SSi. The Morgan fingerprint density at radius 2 is 1.90 bits per heavy atom. The Labute approximate surface area is 193 Å². The van der Waals surface area contributed by atoms with Crippen LogP contribution in [0, 0.1) is 0 Å². The molecule has 3 aromatic rings. The standard InChI is InChI=1S/C23H29ClN2O3SSi/c1-26-13-17(11-20(27)25-12-16-5-7-19(24)8-6-16)22(28)23-21(26)18(15-30-23)14-29-9-10-31(2,3)4/h5-8,13,15H,9-12,14H2,1-4H3,(H,25,27). The molecule has 1 amide bonds. The molecule has 2 heterocycles. The summed E-state index contributed by atoms with van der Waals surface area (Å²) in [5.41, 5.74) is 3.30. The van der Waals surface area contributed by atoms with Crippen molar-refractivity contribution in [3.63, 3.8) is 0 Å². The predicted octanol–water partition coefficient (Wildman–Crippen LogP) is 4.97. The Morgan fingerprint density at radius 3 is 2.58 bits per heavy atom. The van der Waals surface area contributed by atoms with Gasteiger partial charge in [0, 0.05) is 50.6 Å². The van der Waals surface area contributed by atoms with Crippen LogP contribution < -0.4 is 10.7 Å². The number of pyridine rings is 1. The van der Waals surface area contributed by atoms with E-state index < -0.39 is 8.07 Å². The van der Waals surface area contributed by atoms with Crippen LogP contribution in [0.3, 0.4) is 0 Å². The third-order valence-corrected chi connectivity index (χ3v) is 8.02. The van der Waals surface area contributed by atoms with Gasteiger partial charge in [0.25, 0.3) is 0 Å². The maximum Gasteiger partial charge on any atom is 0.224 e. The summed E-state index contributed by atoms with van der Waals surface area (Å²) in [7, 11) is 0.783. The number of benzene rings is 1. The molecule has 0 saturated carbocycles. The molecule has 5 nitrogen and oxygen atoms in total. The number of halogens is 1. The number of aromatic nitrogens is 1. The minimum absolute atomic E-state index is 0.0517. The van der Waals surface area contributed by atoms with E-state index in [1.165, 1.54) is 11.3 Å². The van der Waals surface area contributed by atoms with Gasteiger partial charge in [0.2, 0.25) is 11.3 Å². The number of hydrogen-bond donors (Lipinski definition) is 1. The average Bonchev–Trinajstić information content (AvgIpc) is 3.13. The summed E-state index contributed by atoms with van der Waals surface area (Å²) in [5, 5.41) is 5.52. The average molecular weight is 477 g/mol. The molecular weight excluding hydrogens is 448 g/mol. The van der Waals surface area contributed by atoms with Gasteiger partial charge in [-0.2, -0.15) is 0 Å². The van der Waals surface area contributed by atoms with Crippen LogP contribution in [0.5, 0.6) is 0 Å². The zero-order chi connectivity index (χ0) is 22.6. The lowest BCUT2D eigenvalue weighted by Crippen LogP contribution is -2.27. The zero-order valence-corrected chi connectivity index (χ0v) is 21.0. The van der Waals surface area contributed by atoms with Gasteiger partial charge in [-0.05, 0) is 29.1 Å². The van der Waals surface area contributed by atoms with Crippen molar-refractivity contribution in [2.75, 3.05) is 6.61 Å². The molecule has 0 bridgehead atoms. The van der Waals surface area contributed by atoms with E-state index in [4.69, 9.17) is 16.3 Å². The van der Waals surface area contributed by atoms with Crippen molar-refractivity contribution >= 4 is 47.1 Å². The summed E-state index contributed by atoms with van der Waals surface area (Å²) >= 11 is 7.31. The molecule has 0 fully saturated rings. The molecule has 3 rings (SSSR count). The summed E-state index contributed by atoms with van der Waals surface area (Å²) in [4.78, 5) is 25.4. The summed E-state index contributed by atoms with van der Waals surface area (Å²) in [6.45, 7) is 8.62. The topological polar surface area (TPSA) is 60.3 Å². The van der Waals surface area contributed by atoms with Gasteiger partial charge in [0.05, 0.1) is 23.2 Å². The molecule has 0 unspecified atom stereocenters. The number of carbonyl (C=O) groups is 1. The quantitative estimate of drug-likeness (QED) is 0.350. The normalized spacial score (nSPS) is 11.8. The van der Waals surface area contributed by atoms with E-state index >= 15 is 0 Å². The molecule has 8 heteroatoms. The molecule has 0 radical (unpaired) electrons. The van der Waals surface area contributed by atoms with Crippen LogP contribution in [0.2, 0.25) is 30.7 Å². The maximum absolute atomic E-state index is 13.0. The van der Waals surface area contributed by atoms with E-state index in [2.05, 4.69) is 25.0 Å². The monoisotopic (exact) mass is 476 g/mol. The van der Waals surface area contributed by atoms with Gasteiger partial charge in [0.15, 0.2) is 0 Å². The summed E-state index contributed by atoms with van der Waals surface area (Å²) in [5.74, 6) is -0.183. The number of rotatable bonds is 9. The van der Waals surface area contributed by atoms with Gasteiger partial charge >= 0.3 is 0 Å². The Hall–Kier alpha value is -1.93. The number of nitrogens with zero attached hydrogens (tertiary/aromatic N) is 1. The van der Waals surface area contributed by atoms with Gasteiger partial charge in [0.1, 0.15) is 0 Å². The first-order valence-corrected chi connectivity index (χ1v) is 15.3. The lowest BCUT2D eigenvalue weighted by atomic mass is 10.1. The number of nitrogens with one attached hydrogen (secondary N) is 1. The van der Waals surface area contributed by atoms with Crippen molar-refractivity contribution in [1.29, 1.82) is 0 Å². The lowest BCUT2D eigenvalue weighted by Gasteiger charge is -2.15. The molecule has 1 aromatic carbocycles. The van der Waals surface area contributed by atoms with Crippen molar-refractivity contribution in [3.05, 3.63) is 67.8 Å². The highest BCUT2D eigenvalue weighted by molar-refractivity contribution is 7.17. The first kappa shape index (κ1) is 23.7. The minimum atomic E-state index is -1.13. The van der Waals surface area contributed by atoms with Gasteiger partial charge < -0.3 is 14.6 Å². The van der Waals surface area contributed by atoms with Gasteiger partial charge in [-0.15, -0.1) is 11.3 Å². The van der Waals surface area contributed by atoms with Crippen molar-refractivity contribution < 1.29 is 9.53 Å². The van der Waals surface area contributed by atoms with E-state index in [0.717, 1.165) is 29.3 Å². The fourth-order valence-corrected chi connectivity index (χ4v) is 5.21. The number of aryl methyl sites for hydroxylation is 1. The van der Waals surface area contributed by atoms with E-state index in [0.29, 0.717) is 28.4 Å². The Balaban J connectivity index is 1.67. The SMILES string of the molecule is Cn1cc(CC(=O)NCc2ccc(Cl)cc2)c(=O)c2scc(COCC[Si](C)(C)C)c21. The summed E-state index contributed by atoms with van der Waals surface area (Å²) in [6, 6.07) is 8.42. The highest BCUT2D eigenvalue weighted by Gasteiger charge is 2.16. The van der Waals surface area contributed by atoms with Crippen LogP contribution in [-0.4, -0.2) is 25.2 Å². The van der Waals surface area contributed by atoms with E-state index in [1.807, 2.05) is 29.1 Å². The van der Waals surface area contributed by atoms with Crippen LogP contribution in [0.1, 0.15) is 16.7 Å². The summed E-state index contributed by atoms with van der Waals surface area (Å²) in [6.07, 6.45) is 1.82. The van der Waals surface area contributed by atoms with Crippen molar-refractivity contribution in [2.24, 2.45) is 7.05 Å². The van der Waals surface area contributed by atoms with E-state index in [-0.39, 0.29) is 17.8 Å². The number of ether oxygens (including phenoxy) is 1. The maximum atomic E-state index is 13.0. The molecule has 0 aliphatic rings. The van der Waals surface area contributed by atoms with Gasteiger partial charge in [-0.3, -0.25) is 9.59 Å². The molecule has 2 aromatic heterocycles. The highest BCUT2D eigenvalue weighted by atomic mass is 35.5. The van der Waals surface area contributed by atoms with E-state index in [9.17, 15) is 9.59 Å². The molecule has 31 heavy (non-hydrogen) atoms. The molecule has 0 saturated heterocycles. The van der Waals surface area contributed by atoms with Gasteiger partial charge in [-0.1, -0.05) is 43.4 Å². The fourth-order valence-electron chi connectivity index (χ4n) is 3.27. The highest BCUT2D eigenvalue weighted by Crippen LogP contribution is 2.24. The molecule has 166 valence electrons. The second-order valence-electron chi connectivity index (χ2n) is 8.98. The third kappa shape index (κ3) is 6.52. The molecule has 0 atom stereocenters. The smallest absolute Gasteiger partial charge is 0.224 e. The van der Waals surface area contributed by atoms with Gasteiger partial charge in [-0.25, -0.2) is 0 Å². The minimum Gasteiger partial charge on any atom is -0.377 e. The fraction of sp³-hybridized carbons (Fsp3) is 0.391. The zero-order valence-electron chi connectivity index (χ0n) is 18.5. The lowest BCUT2D eigenvalue weighted by molar-refractivity contribution is -0.120. The van der Waals surface area contributed by atoms with Crippen LogP contribution >= 0.6 is 22.9 Å². The molecule has 0 aliphatic heterocycles. The van der Waals surface area contributed by atoms with Crippen LogP contribution in [-0.2, 0) is 36.2 Å². The Kier molecular flexibility index (Phi) is 7.75. The number of thiophene rings is 1. The Morgan fingerprint density at radius 1 is 1.19 bits per heavy atom. The number of hydrogen-bond acceptors (Lipinski definition) is 4. The van der Waals surface area contributed by atoms with Crippen molar-refractivity contribution in [3.8, 4) is 0 Å². The molecule has 1 N–H and O–H groups in total. The number of carbonyl (C=O) groups excluding carboxylic acids is 1. The molecule has 0 spiro atoms. The second kappa shape index (κ2) is 10.1. The summed E-state index contributed by atoms with van der Waals surface area (Å²) < 4.78 is 8.50.